The maximum Gasteiger partial charge on any atom is 0.257 e. The van der Waals surface area contributed by atoms with Crippen molar-refractivity contribution in [2.45, 2.75) is 19.4 Å². The van der Waals surface area contributed by atoms with Gasteiger partial charge in [-0.2, -0.15) is 0 Å². The predicted molar refractivity (Wildman–Crippen MR) is 114 cm³/mol. The Balaban J connectivity index is 1.92. The highest BCUT2D eigenvalue weighted by molar-refractivity contribution is 6.15. The van der Waals surface area contributed by atoms with E-state index in [9.17, 15) is 14.7 Å². The standard InChI is InChI=1S/C23H24N2O4/c1-3-16(26)14-24-23(28)21-19(12-7-13-20(21)29-2)25-22(27)18-11-6-9-15-8-4-5-10-17(15)18/h4-13,16,26H,3,14H2,1-2H3,(H,24,28)(H,25,27). The largest absolute Gasteiger partial charge is 0.496 e. The highest BCUT2D eigenvalue weighted by Crippen LogP contribution is 2.28. The van der Waals surface area contributed by atoms with Crippen molar-refractivity contribution >= 4 is 28.3 Å². The topological polar surface area (TPSA) is 87.7 Å². The van der Waals surface area contributed by atoms with Gasteiger partial charge >= 0.3 is 0 Å². The predicted octanol–water partition coefficient (Wildman–Crippen LogP) is 3.60. The Labute approximate surface area is 169 Å². The first kappa shape index (κ1) is 20.4. The molecule has 0 aromatic heterocycles. The number of anilines is 1. The zero-order valence-corrected chi connectivity index (χ0v) is 16.4. The smallest absolute Gasteiger partial charge is 0.257 e. The zero-order valence-electron chi connectivity index (χ0n) is 16.4. The molecular formula is C23H24N2O4. The van der Waals surface area contributed by atoms with E-state index in [2.05, 4.69) is 10.6 Å². The van der Waals surface area contributed by atoms with Crippen molar-refractivity contribution in [1.29, 1.82) is 0 Å². The van der Waals surface area contributed by atoms with Crippen LogP contribution in [0, 0.1) is 0 Å². The number of nitrogens with one attached hydrogen (secondary N) is 2. The van der Waals surface area contributed by atoms with Gasteiger partial charge in [-0.15, -0.1) is 0 Å². The summed E-state index contributed by atoms with van der Waals surface area (Å²) in [5, 5.41) is 17.0. The van der Waals surface area contributed by atoms with E-state index in [4.69, 9.17) is 4.74 Å². The molecule has 1 atom stereocenters. The monoisotopic (exact) mass is 392 g/mol. The molecule has 3 aromatic rings. The van der Waals surface area contributed by atoms with Crippen LogP contribution in [-0.2, 0) is 0 Å². The Hall–Kier alpha value is -3.38. The number of methoxy groups -OCH3 is 1. The Morgan fingerprint density at radius 3 is 2.48 bits per heavy atom. The van der Waals surface area contributed by atoms with E-state index in [0.717, 1.165) is 10.8 Å². The summed E-state index contributed by atoms with van der Waals surface area (Å²) in [5.74, 6) is -0.412. The lowest BCUT2D eigenvalue weighted by Crippen LogP contribution is -2.32. The summed E-state index contributed by atoms with van der Waals surface area (Å²) in [6.45, 7) is 1.94. The van der Waals surface area contributed by atoms with E-state index in [1.54, 1.807) is 24.3 Å². The van der Waals surface area contributed by atoms with Gasteiger partial charge in [0.2, 0.25) is 0 Å². The van der Waals surface area contributed by atoms with Crippen LogP contribution in [0.25, 0.3) is 10.8 Å². The van der Waals surface area contributed by atoms with Gasteiger partial charge in [0.05, 0.1) is 18.9 Å². The molecule has 150 valence electrons. The normalized spacial score (nSPS) is 11.7. The molecule has 2 amide bonds. The van der Waals surface area contributed by atoms with Gasteiger partial charge in [0.15, 0.2) is 0 Å². The number of hydrogen-bond acceptors (Lipinski definition) is 4. The van der Waals surface area contributed by atoms with Crippen molar-refractivity contribution in [3.8, 4) is 5.75 Å². The summed E-state index contributed by atoms with van der Waals surface area (Å²) < 4.78 is 5.32. The fraction of sp³-hybridized carbons (Fsp3) is 0.217. The molecule has 0 spiro atoms. The SMILES string of the molecule is CCC(O)CNC(=O)c1c(NC(=O)c2cccc3ccccc23)cccc1OC. The molecule has 0 bridgehead atoms. The second kappa shape index (κ2) is 9.21. The fourth-order valence-electron chi connectivity index (χ4n) is 3.10. The van der Waals surface area contributed by atoms with E-state index < -0.39 is 12.0 Å². The molecule has 6 nitrogen and oxygen atoms in total. The van der Waals surface area contributed by atoms with E-state index >= 15 is 0 Å². The summed E-state index contributed by atoms with van der Waals surface area (Å²) in [4.78, 5) is 25.7. The lowest BCUT2D eigenvalue weighted by Gasteiger charge is -2.16. The molecule has 1 unspecified atom stereocenters. The number of rotatable bonds is 7. The minimum atomic E-state index is -0.637. The van der Waals surface area contributed by atoms with Gasteiger partial charge in [-0.1, -0.05) is 49.4 Å². The molecule has 0 heterocycles. The van der Waals surface area contributed by atoms with Crippen molar-refractivity contribution in [3.63, 3.8) is 0 Å². The molecule has 0 aliphatic rings. The second-order valence-corrected chi connectivity index (χ2v) is 6.64. The number of ether oxygens (including phenoxy) is 1. The highest BCUT2D eigenvalue weighted by atomic mass is 16.5. The number of carbonyl (C=O) groups is 2. The van der Waals surface area contributed by atoms with Crippen molar-refractivity contribution in [2.75, 3.05) is 19.0 Å². The molecule has 0 saturated heterocycles. The van der Waals surface area contributed by atoms with E-state index in [0.29, 0.717) is 23.4 Å². The van der Waals surface area contributed by atoms with Crippen LogP contribution in [0.1, 0.15) is 34.1 Å². The van der Waals surface area contributed by atoms with Crippen LogP contribution < -0.4 is 15.4 Å². The van der Waals surface area contributed by atoms with E-state index in [-0.39, 0.29) is 18.0 Å². The number of aliphatic hydroxyl groups is 1. The molecular weight excluding hydrogens is 368 g/mol. The minimum absolute atomic E-state index is 0.115. The first-order valence-corrected chi connectivity index (χ1v) is 9.47. The van der Waals surface area contributed by atoms with Crippen LogP contribution in [0.4, 0.5) is 5.69 Å². The van der Waals surface area contributed by atoms with Crippen molar-refractivity contribution in [1.82, 2.24) is 5.32 Å². The van der Waals surface area contributed by atoms with Gasteiger partial charge in [-0.05, 0) is 35.4 Å². The quantitative estimate of drug-likeness (QED) is 0.573. The second-order valence-electron chi connectivity index (χ2n) is 6.64. The summed E-state index contributed by atoms with van der Waals surface area (Å²) in [5.41, 5.74) is 1.07. The summed E-state index contributed by atoms with van der Waals surface area (Å²) in [6, 6.07) is 18.1. The van der Waals surface area contributed by atoms with Crippen LogP contribution in [0.2, 0.25) is 0 Å². The summed E-state index contributed by atoms with van der Waals surface area (Å²) in [7, 11) is 1.46. The highest BCUT2D eigenvalue weighted by Gasteiger charge is 2.20. The number of amides is 2. The van der Waals surface area contributed by atoms with E-state index in [1.807, 2.05) is 43.3 Å². The molecule has 0 aliphatic heterocycles. The van der Waals surface area contributed by atoms with Gasteiger partial charge in [-0.25, -0.2) is 0 Å². The fourth-order valence-corrected chi connectivity index (χ4v) is 3.10. The average molecular weight is 392 g/mol. The first-order chi connectivity index (χ1) is 14.0. The number of benzene rings is 3. The minimum Gasteiger partial charge on any atom is -0.496 e. The summed E-state index contributed by atoms with van der Waals surface area (Å²) >= 11 is 0. The van der Waals surface area contributed by atoms with Crippen molar-refractivity contribution in [2.24, 2.45) is 0 Å². The third kappa shape index (κ3) is 4.55. The lowest BCUT2D eigenvalue weighted by molar-refractivity contribution is 0.0912. The Kier molecular flexibility index (Phi) is 6.46. The zero-order chi connectivity index (χ0) is 20.8. The molecule has 3 rings (SSSR count). The molecule has 6 heteroatoms. The van der Waals surface area contributed by atoms with Gasteiger partial charge in [0.25, 0.3) is 11.8 Å². The summed E-state index contributed by atoms with van der Waals surface area (Å²) in [6.07, 6.45) is -0.112. The van der Waals surface area contributed by atoms with Gasteiger partial charge < -0.3 is 20.5 Å². The third-order valence-electron chi connectivity index (χ3n) is 4.73. The molecule has 0 fully saturated rings. The van der Waals surface area contributed by atoms with Crippen LogP contribution in [-0.4, -0.2) is 36.7 Å². The van der Waals surface area contributed by atoms with E-state index in [1.165, 1.54) is 7.11 Å². The number of aliphatic hydroxyl groups excluding tert-OH is 1. The number of fused-ring (bicyclic) bond motifs is 1. The lowest BCUT2D eigenvalue weighted by atomic mass is 10.0. The Morgan fingerprint density at radius 2 is 1.72 bits per heavy atom. The Bertz CT molecular complexity index is 1030. The third-order valence-corrected chi connectivity index (χ3v) is 4.73. The van der Waals surface area contributed by atoms with Crippen LogP contribution >= 0.6 is 0 Å². The van der Waals surface area contributed by atoms with Crippen LogP contribution in [0.5, 0.6) is 5.75 Å². The van der Waals surface area contributed by atoms with Gasteiger partial charge in [0, 0.05) is 12.1 Å². The first-order valence-electron chi connectivity index (χ1n) is 9.47. The number of carbonyl (C=O) groups excluding carboxylic acids is 2. The molecule has 3 N–H and O–H groups in total. The van der Waals surface area contributed by atoms with Crippen LogP contribution in [0.15, 0.2) is 60.7 Å². The number of hydrogen-bond donors (Lipinski definition) is 3. The molecule has 3 aromatic carbocycles. The van der Waals surface area contributed by atoms with Gasteiger partial charge in [-0.3, -0.25) is 9.59 Å². The maximum absolute atomic E-state index is 13.0. The average Bonchev–Trinajstić information content (AvgIpc) is 2.76. The van der Waals surface area contributed by atoms with Crippen molar-refractivity contribution in [3.05, 3.63) is 71.8 Å². The molecule has 29 heavy (non-hydrogen) atoms. The van der Waals surface area contributed by atoms with Crippen LogP contribution in [0.3, 0.4) is 0 Å². The van der Waals surface area contributed by atoms with Crippen molar-refractivity contribution < 1.29 is 19.4 Å². The Morgan fingerprint density at radius 1 is 1.00 bits per heavy atom. The molecule has 0 radical (unpaired) electrons. The maximum atomic E-state index is 13.0. The molecule has 0 aliphatic carbocycles. The van der Waals surface area contributed by atoms with Gasteiger partial charge in [0.1, 0.15) is 11.3 Å². The molecule has 0 saturated carbocycles.